The minimum atomic E-state index is -0.364. The van der Waals surface area contributed by atoms with Gasteiger partial charge in [0, 0.05) is 36.1 Å². The highest BCUT2D eigenvalue weighted by atomic mass is 14.9. The van der Waals surface area contributed by atoms with Crippen LogP contribution in [0.1, 0.15) is 79.6 Å². The third kappa shape index (κ3) is 2.97. The van der Waals surface area contributed by atoms with Gasteiger partial charge in [0.15, 0.2) is 0 Å². The Bertz CT molecular complexity index is 939. The molecule has 5 aliphatic rings. The third-order valence-corrected chi connectivity index (χ3v) is 13.8. The van der Waals surface area contributed by atoms with Crippen molar-refractivity contribution in [2.45, 2.75) is 109 Å². The van der Waals surface area contributed by atoms with Crippen molar-refractivity contribution in [3.05, 3.63) is 11.6 Å². The van der Waals surface area contributed by atoms with Crippen LogP contribution in [-0.4, -0.2) is 45.1 Å². The first-order chi connectivity index (χ1) is 16.6. The Balaban J connectivity index is 1.63. The Labute approximate surface area is 220 Å². The highest BCUT2D eigenvalue weighted by Crippen LogP contribution is 2.76. The molecular formula is C29H53BN6. The normalized spacial score (nSPS) is 58.1. The minimum absolute atomic E-state index is 0.0471. The predicted molar refractivity (Wildman–Crippen MR) is 150 cm³/mol. The number of rotatable bonds is 2. The molecular weight excluding hydrogens is 443 g/mol. The summed E-state index contributed by atoms with van der Waals surface area (Å²) in [6, 6.07) is -0.322. The molecule has 202 valence electrons. The highest BCUT2D eigenvalue weighted by Gasteiger charge is 2.70. The van der Waals surface area contributed by atoms with Gasteiger partial charge in [0.1, 0.15) is 0 Å². The van der Waals surface area contributed by atoms with Gasteiger partial charge in [0.25, 0.3) is 0 Å². The van der Waals surface area contributed by atoms with Crippen LogP contribution in [0.25, 0.3) is 0 Å². The summed E-state index contributed by atoms with van der Waals surface area (Å²) < 4.78 is 0. The van der Waals surface area contributed by atoms with E-state index in [0.717, 1.165) is 44.9 Å². The predicted octanol–water partition coefficient (Wildman–Crippen LogP) is 2.15. The van der Waals surface area contributed by atoms with Crippen LogP contribution >= 0.6 is 0 Å². The quantitative estimate of drug-likeness (QED) is 0.254. The molecule has 0 amide bonds. The molecule has 2 radical (unpaired) electrons. The monoisotopic (exact) mass is 496 g/mol. The maximum atomic E-state index is 7.57. The van der Waals surface area contributed by atoms with E-state index in [4.69, 9.17) is 42.2 Å². The van der Waals surface area contributed by atoms with Gasteiger partial charge in [-0.25, -0.2) is 0 Å². The van der Waals surface area contributed by atoms with E-state index >= 15 is 0 Å². The number of allylic oxidation sites excluding steroid dienone is 2. The molecule has 36 heavy (non-hydrogen) atoms. The van der Waals surface area contributed by atoms with Crippen LogP contribution in [0.5, 0.6) is 0 Å². The standard InChI is InChI=1S/C29H53BN6/c1-24(2)12-17-16-6-7-19-26(4,10-8-18-25(3,14-31)20(33)9-11-29(18,19)30)27(16,5)13-21(34)28(17,15-32)23(36)22(24)35/h6,17-23H,7-15,31-36H2,1-5H3/t17?,18?,19?,20-,21+,22-,23-,25+,26+,27+,28-,29+/m0/s1. The molecule has 0 aromatic heterocycles. The SMILES string of the molecule is [B][C@]12CC[C@H](N)[C@](C)(CN)C1CC[C@]1(C)C2CC=C2C3CC(C)(C)[C@@H](N)[C@H](N)[C@]3(CN)[C@H](N)C[C@]21C. The zero-order valence-corrected chi connectivity index (χ0v) is 23.5. The molecule has 0 bridgehead atoms. The largest absolute Gasteiger partial charge is 0.330 e. The van der Waals surface area contributed by atoms with Crippen LogP contribution in [-0.2, 0) is 0 Å². The molecule has 12 N–H and O–H groups in total. The summed E-state index contributed by atoms with van der Waals surface area (Å²) in [5.74, 6) is 0.969. The van der Waals surface area contributed by atoms with Gasteiger partial charge in [0.05, 0.1) is 7.85 Å². The van der Waals surface area contributed by atoms with Gasteiger partial charge >= 0.3 is 0 Å². The Kier molecular flexibility index (Phi) is 6.07. The van der Waals surface area contributed by atoms with E-state index in [1.54, 1.807) is 5.57 Å². The van der Waals surface area contributed by atoms with Crippen LogP contribution in [0.3, 0.4) is 0 Å². The first kappa shape index (κ1) is 27.1. The molecule has 0 saturated heterocycles. The van der Waals surface area contributed by atoms with Crippen molar-refractivity contribution in [2.75, 3.05) is 13.1 Å². The van der Waals surface area contributed by atoms with E-state index in [-0.39, 0.29) is 62.5 Å². The van der Waals surface area contributed by atoms with Crippen LogP contribution in [0.2, 0.25) is 5.31 Å². The Morgan fingerprint density at radius 2 is 1.50 bits per heavy atom. The molecule has 12 atom stereocenters. The van der Waals surface area contributed by atoms with E-state index in [1.807, 2.05) is 0 Å². The van der Waals surface area contributed by atoms with Crippen LogP contribution < -0.4 is 34.4 Å². The number of hydrogen-bond donors (Lipinski definition) is 6. The Hall–Kier alpha value is -0.435. The van der Waals surface area contributed by atoms with E-state index in [1.165, 1.54) is 0 Å². The van der Waals surface area contributed by atoms with Crippen LogP contribution in [0.4, 0.5) is 0 Å². The van der Waals surface area contributed by atoms with Gasteiger partial charge in [0.2, 0.25) is 0 Å². The second-order valence-corrected chi connectivity index (χ2v) is 15.2. The molecule has 6 nitrogen and oxygen atoms in total. The fourth-order valence-corrected chi connectivity index (χ4v) is 11.0. The summed E-state index contributed by atoms with van der Waals surface area (Å²) in [5, 5.41) is -0.265. The van der Waals surface area contributed by atoms with Gasteiger partial charge in [-0.05, 0) is 84.5 Å². The second kappa shape index (κ2) is 8.05. The molecule has 0 spiro atoms. The molecule has 4 fully saturated rings. The topological polar surface area (TPSA) is 156 Å². The first-order valence-corrected chi connectivity index (χ1v) is 14.5. The lowest BCUT2D eigenvalue weighted by Crippen LogP contribution is -2.76. The maximum Gasteiger partial charge on any atom is 0.0754 e. The number of hydrogen-bond acceptors (Lipinski definition) is 6. The van der Waals surface area contributed by atoms with Gasteiger partial charge < -0.3 is 34.4 Å². The summed E-state index contributed by atoms with van der Waals surface area (Å²) in [6.45, 7) is 12.9. The maximum absolute atomic E-state index is 7.57. The second-order valence-electron chi connectivity index (χ2n) is 15.2. The third-order valence-electron chi connectivity index (χ3n) is 13.8. The van der Waals surface area contributed by atoms with Crippen molar-refractivity contribution in [1.82, 2.24) is 0 Å². The Morgan fingerprint density at radius 3 is 2.11 bits per heavy atom. The number of fused-ring (bicyclic) bond motifs is 7. The lowest BCUT2D eigenvalue weighted by molar-refractivity contribution is -0.144. The van der Waals surface area contributed by atoms with Crippen LogP contribution in [0.15, 0.2) is 11.6 Å². The van der Waals surface area contributed by atoms with Gasteiger partial charge in [-0.1, -0.05) is 58.0 Å². The first-order valence-electron chi connectivity index (χ1n) is 14.5. The average molecular weight is 497 g/mol. The molecule has 0 aliphatic heterocycles. The molecule has 5 rings (SSSR count). The molecule has 0 aromatic carbocycles. The lowest BCUT2D eigenvalue weighted by atomic mass is 9.29. The van der Waals surface area contributed by atoms with E-state index in [9.17, 15) is 0 Å². The Morgan fingerprint density at radius 1 is 0.833 bits per heavy atom. The molecule has 4 saturated carbocycles. The van der Waals surface area contributed by atoms with Crippen molar-refractivity contribution >= 4 is 7.85 Å². The van der Waals surface area contributed by atoms with Crippen molar-refractivity contribution in [1.29, 1.82) is 0 Å². The summed E-state index contributed by atoms with van der Waals surface area (Å²) in [7, 11) is 7.57. The molecule has 3 unspecified atom stereocenters. The fraction of sp³-hybridized carbons (Fsp3) is 0.931. The summed E-state index contributed by atoms with van der Waals surface area (Å²) >= 11 is 0. The van der Waals surface area contributed by atoms with E-state index in [2.05, 4.69) is 40.7 Å². The van der Waals surface area contributed by atoms with Crippen molar-refractivity contribution in [3.63, 3.8) is 0 Å². The highest BCUT2D eigenvalue weighted by molar-refractivity contribution is 6.16. The molecule has 0 aromatic rings. The number of nitrogens with two attached hydrogens (primary N) is 6. The van der Waals surface area contributed by atoms with Crippen molar-refractivity contribution in [3.8, 4) is 0 Å². The van der Waals surface area contributed by atoms with E-state index in [0.29, 0.717) is 24.9 Å². The molecule has 5 aliphatic carbocycles. The summed E-state index contributed by atoms with van der Waals surface area (Å²) in [5.41, 5.74) is 41.6. The smallest absolute Gasteiger partial charge is 0.0754 e. The molecule has 0 heterocycles. The summed E-state index contributed by atoms with van der Waals surface area (Å²) in [4.78, 5) is 0. The van der Waals surface area contributed by atoms with Crippen molar-refractivity contribution < 1.29 is 0 Å². The summed E-state index contributed by atoms with van der Waals surface area (Å²) in [6.07, 6.45) is 9.53. The van der Waals surface area contributed by atoms with Gasteiger partial charge in [-0.15, -0.1) is 0 Å². The minimum Gasteiger partial charge on any atom is -0.330 e. The zero-order chi connectivity index (χ0) is 26.7. The van der Waals surface area contributed by atoms with Crippen molar-refractivity contribution in [2.24, 2.45) is 79.2 Å². The fourth-order valence-electron chi connectivity index (χ4n) is 11.0. The van der Waals surface area contributed by atoms with Gasteiger partial charge in [-0.2, -0.15) is 0 Å². The molecule has 7 heteroatoms. The average Bonchev–Trinajstić information content (AvgIpc) is 2.81. The lowest BCUT2D eigenvalue weighted by Gasteiger charge is -2.73. The zero-order valence-electron chi connectivity index (χ0n) is 23.5. The van der Waals surface area contributed by atoms with Gasteiger partial charge in [-0.3, -0.25) is 0 Å². The van der Waals surface area contributed by atoms with Crippen LogP contribution in [0, 0.1) is 44.8 Å². The van der Waals surface area contributed by atoms with E-state index < -0.39 is 0 Å².